The van der Waals surface area contributed by atoms with E-state index in [9.17, 15) is 26.4 Å². The molecule has 0 saturated heterocycles. The average Bonchev–Trinajstić information content (AvgIpc) is 2.41. The lowest BCUT2D eigenvalue weighted by Crippen LogP contribution is -2.25. The number of unbranched alkanes of at least 4 members (excludes halogenated alkanes) is 2. The van der Waals surface area contributed by atoms with E-state index >= 15 is 0 Å². The maximum absolute atomic E-state index is 12.6. The predicted octanol–water partition coefficient (Wildman–Crippen LogP) is 2.03. The largest absolute Gasteiger partial charge is 0.416 e. The summed E-state index contributed by atoms with van der Waals surface area (Å²) in [6, 6.07) is 3.55. The van der Waals surface area contributed by atoms with Gasteiger partial charge in [-0.05, 0) is 31.0 Å². The van der Waals surface area contributed by atoms with E-state index in [0.717, 1.165) is 18.2 Å². The van der Waals surface area contributed by atoms with Crippen molar-refractivity contribution in [3.8, 4) is 0 Å². The first kappa shape index (κ1) is 18.4. The Balaban J connectivity index is 2.58. The molecule has 0 aliphatic rings. The zero-order chi connectivity index (χ0) is 16.8. The van der Waals surface area contributed by atoms with Gasteiger partial charge in [-0.25, -0.2) is 13.1 Å². The topological polar surface area (TPSA) is 89.3 Å². The molecule has 0 aliphatic heterocycles. The quantitative estimate of drug-likeness (QED) is 0.711. The normalized spacial score (nSPS) is 12.3. The van der Waals surface area contributed by atoms with Gasteiger partial charge in [0.2, 0.25) is 15.9 Å². The summed E-state index contributed by atoms with van der Waals surface area (Å²) in [5, 5.41) is 0. The lowest BCUT2D eigenvalue weighted by atomic mass is 10.2. The van der Waals surface area contributed by atoms with Gasteiger partial charge in [0.05, 0.1) is 10.5 Å². The van der Waals surface area contributed by atoms with Crippen LogP contribution in [-0.4, -0.2) is 20.9 Å². The van der Waals surface area contributed by atoms with Crippen LogP contribution in [0, 0.1) is 0 Å². The minimum absolute atomic E-state index is 0.0807. The Hall–Kier alpha value is -1.61. The second-order valence-corrected chi connectivity index (χ2v) is 6.47. The zero-order valence-corrected chi connectivity index (χ0v) is 12.5. The van der Waals surface area contributed by atoms with Crippen LogP contribution in [0.15, 0.2) is 29.2 Å². The summed E-state index contributed by atoms with van der Waals surface area (Å²) in [4.78, 5) is 10.1. The first-order chi connectivity index (χ1) is 10.1. The molecule has 1 rings (SSSR count). The number of rotatable bonds is 8. The average molecular weight is 338 g/mol. The molecule has 1 amide bonds. The number of sulfonamides is 1. The number of nitrogens with two attached hydrogens (primary N) is 1. The summed E-state index contributed by atoms with van der Waals surface area (Å²) < 4.78 is 63.7. The molecule has 0 heterocycles. The SMILES string of the molecule is NC(=O)CCCCCNS(=O)(=O)c1cccc(C(F)(F)F)c1. The maximum atomic E-state index is 12.6. The van der Waals surface area contributed by atoms with Gasteiger partial charge in [0, 0.05) is 13.0 Å². The Labute approximate surface area is 126 Å². The van der Waals surface area contributed by atoms with Crippen molar-refractivity contribution in [3.63, 3.8) is 0 Å². The molecule has 0 unspecified atom stereocenters. The molecule has 1 aromatic rings. The van der Waals surface area contributed by atoms with Gasteiger partial charge in [0.1, 0.15) is 0 Å². The molecular weight excluding hydrogens is 321 g/mol. The fourth-order valence-corrected chi connectivity index (χ4v) is 2.85. The van der Waals surface area contributed by atoms with Crippen molar-refractivity contribution in [1.82, 2.24) is 4.72 Å². The van der Waals surface area contributed by atoms with Crippen LogP contribution in [0.2, 0.25) is 0 Å². The highest BCUT2D eigenvalue weighted by Crippen LogP contribution is 2.30. The Morgan fingerprint density at radius 2 is 1.86 bits per heavy atom. The third-order valence-electron chi connectivity index (χ3n) is 2.86. The first-order valence-corrected chi connectivity index (χ1v) is 8.06. The van der Waals surface area contributed by atoms with Crippen molar-refractivity contribution >= 4 is 15.9 Å². The first-order valence-electron chi connectivity index (χ1n) is 6.58. The summed E-state index contributed by atoms with van der Waals surface area (Å²) in [7, 11) is -3.99. The van der Waals surface area contributed by atoms with Crippen molar-refractivity contribution in [3.05, 3.63) is 29.8 Å². The van der Waals surface area contributed by atoms with Crippen LogP contribution in [-0.2, 0) is 21.0 Å². The number of nitrogens with one attached hydrogen (secondary N) is 1. The van der Waals surface area contributed by atoms with Crippen molar-refractivity contribution in [1.29, 1.82) is 0 Å². The number of benzene rings is 1. The van der Waals surface area contributed by atoms with E-state index in [-0.39, 0.29) is 13.0 Å². The fraction of sp³-hybridized carbons (Fsp3) is 0.462. The van der Waals surface area contributed by atoms with Crippen molar-refractivity contribution in [2.24, 2.45) is 5.73 Å². The number of hydrogen-bond acceptors (Lipinski definition) is 3. The predicted molar refractivity (Wildman–Crippen MR) is 74.3 cm³/mol. The van der Waals surface area contributed by atoms with E-state index in [0.29, 0.717) is 25.3 Å². The second-order valence-electron chi connectivity index (χ2n) is 4.70. The van der Waals surface area contributed by atoms with Gasteiger partial charge in [0.15, 0.2) is 0 Å². The second kappa shape index (κ2) is 7.59. The van der Waals surface area contributed by atoms with Gasteiger partial charge in [0.25, 0.3) is 0 Å². The molecule has 0 aliphatic carbocycles. The Bertz CT molecular complexity index is 615. The summed E-state index contributed by atoms with van der Waals surface area (Å²) in [5.74, 6) is -0.426. The van der Waals surface area contributed by atoms with Gasteiger partial charge in [-0.15, -0.1) is 0 Å². The molecule has 0 atom stereocenters. The molecule has 0 fully saturated rings. The van der Waals surface area contributed by atoms with Crippen molar-refractivity contribution in [2.45, 2.75) is 36.8 Å². The highest BCUT2D eigenvalue weighted by Gasteiger charge is 2.31. The van der Waals surface area contributed by atoms with E-state index in [2.05, 4.69) is 4.72 Å². The molecule has 0 bridgehead atoms. The summed E-state index contributed by atoms with van der Waals surface area (Å²) in [6.07, 6.45) is -2.78. The number of hydrogen-bond donors (Lipinski definition) is 2. The van der Waals surface area contributed by atoms with E-state index in [1.54, 1.807) is 0 Å². The van der Waals surface area contributed by atoms with Gasteiger partial charge in [-0.1, -0.05) is 12.5 Å². The standard InChI is InChI=1S/C13H17F3N2O3S/c14-13(15,16)10-5-4-6-11(9-10)22(20,21)18-8-3-1-2-7-12(17)19/h4-6,9,18H,1-3,7-8H2,(H2,17,19). The Morgan fingerprint density at radius 3 is 2.45 bits per heavy atom. The third kappa shape index (κ3) is 6.02. The summed E-state index contributed by atoms with van der Waals surface area (Å²) in [6.45, 7) is 0.0807. The van der Waals surface area contributed by atoms with Crippen LogP contribution >= 0.6 is 0 Å². The molecule has 124 valence electrons. The van der Waals surface area contributed by atoms with Crippen LogP contribution in [0.1, 0.15) is 31.2 Å². The number of primary amides is 1. The Kier molecular flexibility index (Phi) is 6.36. The number of carbonyl (C=O) groups is 1. The summed E-state index contributed by atoms with van der Waals surface area (Å²) >= 11 is 0. The smallest absolute Gasteiger partial charge is 0.370 e. The van der Waals surface area contributed by atoms with Crippen molar-refractivity contribution in [2.75, 3.05) is 6.54 Å². The van der Waals surface area contributed by atoms with Gasteiger partial charge >= 0.3 is 6.18 Å². The zero-order valence-electron chi connectivity index (χ0n) is 11.7. The van der Waals surface area contributed by atoms with Crippen LogP contribution < -0.4 is 10.5 Å². The molecule has 1 aromatic carbocycles. The van der Waals surface area contributed by atoms with Crippen LogP contribution in [0.25, 0.3) is 0 Å². The number of amides is 1. The van der Waals surface area contributed by atoms with Gasteiger partial charge in [-0.2, -0.15) is 13.2 Å². The molecule has 0 aromatic heterocycles. The monoisotopic (exact) mass is 338 g/mol. The number of carbonyl (C=O) groups excluding carboxylic acids is 1. The highest BCUT2D eigenvalue weighted by atomic mass is 32.2. The fourth-order valence-electron chi connectivity index (χ4n) is 1.73. The number of halogens is 3. The van der Waals surface area contributed by atoms with Gasteiger partial charge in [-0.3, -0.25) is 4.79 Å². The molecule has 0 radical (unpaired) electrons. The molecular formula is C13H17F3N2O3S. The molecule has 0 saturated carbocycles. The molecule has 3 N–H and O–H groups in total. The van der Waals surface area contributed by atoms with E-state index in [4.69, 9.17) is 5.73 Å². The van der Waals surface area contributed by atoms with Crippen LogP contribution in [0.5, 0.6) is 0 Å². The van der Waals surface area contributed by atoms with E-state index in [1.165, 1.54) is 0 Å². The molecule has 9 heteroatoms. The lowest BCUT2D eigenvalue weighted by molar-refractivity contribution is -0.137. The van der Waals surface area contributed by atoms with E-state index in [1.807, 2.05) is 0 Å². The van der Waals surface area contributed by atoms with Crippen molar-refractivity contribution < 1.29 is 26.4 Å². The van der Waals surface area contributed by atoms with Crippen LogP contribution in [0.4, 0.5) is 13.2 Å². The molecule has 22 heavy (non-hydrogen) atoms. The molecule has 0 spiro atoms. The third-order valence-corrected chi connectivity index (χ3v) is 4.32. The minimum Gasteiger partial charge on any atom is -0.370 e. The van der Waals surface area contributed by atoms with Crippen LogP contribution in [0.3, 0.4) is 0 Å². The summed E-state index contributed by atoms with van der Waals surface area (Å²) in [5.41, 5.74) is 3.94. The maximum Gasteiger partial charge on any atom is 0.416 e. The van der Waals surface area contributed by atoms with E-state index < -0.39 is 32.6 Å². The highest BCUT2D eigenvalue weighted by molar-refractivity contribution is 7.89. The van der Waals surface area contributed by atoms with Gasteiger partial charge < -0.3 is 5.73 Å². The number of alkyl halides is 3. The lowest BCUT2D eigenvalue weighted by Gasteiger charge is -2.10. The molecule has 5 nitrogen and oxygen atoms in total. The minimum atomic E-state index is -4.60. The Morgan fingerprint density at radius 1 is 1.18 bits per heavy atom.